The number of amidine groups is 1. The summed E-state index contributed by atoms with van der Waals surface area (Å²) in [6, 6.07) is 2.71. The van der Waals surface area contributed by atoms with Crippen LogP contribution in [-0.2, 0) is 30.4 Å². The van der Waals surface area contributed by atoms with Crippen LogP contribution in [0.4, 0.5) is 0 Å². The first-order chi connectivity index (χ1) is 15.8. The number of carboxylic acids is 2. The van der Waals surface area contributed by atoms with Crippen LogP contribution in [0.25, 0.3) is 0 Å². The fourth-order valence-electron chi connectivity index (χ4n) is 2.86. The molecule has 1 aromatic rings. The van der Waals surface area contributed by atoms with Crippen molar-refractivity contribution in [2.45, 2.75) is 44.8 Å². The molecule has 3 amide bonds. The lowest BCUT2D eigenvalue weighted by Gasteiger charge is -2.22. The summed E-state index contributed by atoms with van der Waals surface area (Å²) in [6.45, 7) is 2.53. The predicted molar refractivity (Wildman–Crippen MR) is 121 cm³/mol. The van der Waals surface area contributed by atoms with Gasteiger partial charge in [0.15, 0.2) is 0 Å². The molecular formula is C21H30N6O7. The molecule has 0 saturated heterocycles. The van der Waals surface area contributed by atoms with Crippen molar-refractivity contribution in [2.24, 2.45) is 17.4 Å². The normalized spacial score (nSPS) is 13.3. The quantitative estimate of drug-likeness (QED) is 0.117. The van der Waals surface area contributed by atoms with Crippen LogP contribution in [0.2, 0.25) is 0 Å². The molecule has 1 rings (SSSR count). The number of rotatable bonds is 13. The Kier molecular flexibility index (Phi) is 10.6. The zero-order valence-corrected chi connectivity index (χ0v) is 18.8. The average Bonchev–Trinajstić information content (AvgIpc) is 2.74. The van der Waals surface area contributed by atoms with Gasteiger partial charge in [0.2, 0.25) is 17.7 Å². The highest BCUT2D eigenvalue weighted by Crippen LogP contribution is 2.06. The number of nitrogens with two attached hydrogens (primary N) is 2. The maximum Gasteiger partial charge on any atom is 0.326 e. The Bertz CT molecular complexity index is 932. The predicted octanol–water partition coefficient (Wildman–Crippen LogP) is -1.86. The van der Waals surface area contributed by atoms with Gasteiger partial charge in [-0.15, -0.1) is 0 Å². The number of carboxylic acid groups (broad SMARTS) is 2. The van der Waals surface area contributed by atoms with E-state index < -0.39 is 66.7 Å². The third kappa shape index (κ3) is 9.24. The van der Waals surface area contributed by atoms with E-state index in [0.29, 0.717) is 11.1 Å². The molecule has 186 valence electrons. The highest BCUT2D eigenvalue weighted by atomic mass is 16.4. The lowest BCUT2D eigenvalue weighted by Crippen LogP contribution is -2.55. The number of carbonyl (C=O) groups is 5. The van der Waals surface area contributed by atoms with Gasteiger partial charge in [0, 0.05) is 5.56 Å². The number of hydrogen-bond acceptors (Lipinski definition) is 7. The number of benzene rings is 1. The van der Waals surface area contributed by atoms with Gasteiger partial charge < -0.3 is 37.6 Å². The van der Waals surface area contributed by atoms with Crippen molar-refractivity contribution in [1.82, 2.24) is 16.0 Å². The van der Waals surface area contributed by atoms with Gasteiger partial charge in [-0.25, -0.2) is 4.79 Å². The van der Waals surface area contributed by atoms with E-state index in [2.05, 4.69) is 16.0 Å². The third-order valence-corrected chi connectivity index (χ3v) is 4.74. The molecule has 1 aromatic carbocycles. The molecule has 1 unspecified atom stereocenters. The Morgan fingerprint density at radius 2 is 1.59 bits per heavy atom. The van der Waals surface area contributed by atoms with E-state index in [1.165, 1.54) is 0 Å². The Hall–Kier alpha value is -4.00. The highest BCUT2D eigenvalue weighted by Gasteiger charge is 2.30. The van der Waals surface area contributed by atoms with Crippen molar-refractivity contribution in [2.75, 3.05) is 6.54 Å². The van der Waals surface area contributed by atoms with Crippen LogP contribution >= 0.6 is 0 Å². The molecule has 34 heavy (non-hydrogen) atoms. The first kappa shape index (κ1) is 28.0. The molecule has 13 nitrogen and oxygen atoms in total. The topological polar surface area (TPSA) is 238 Å². The molecule has 0 aliphatic carbocycles. The van der Waals surface area contributed by atoms with Crippen LogP contribution in [0, 0.1) is 11.3 Å². The minimum absolute atomic E-state index is 0.0998. The summed E-state index contributed by atoms with van der Waals surface area (Å²) in [5.41, 5.74) is 12.5. The van der Waals surface area contributed by atoms with E-state index in [4.69, 9.17) is 22.0 Å². The monoisotopic (exact) mass is 478 g/mol. The van der Waals surface area contributed by atoms with Crippen molar-refractivity contribution in [1.29, 1.82) is 5.41 Å². The molecule has 0 aliphatic rings. The van der Waals surface area contributed by atoms with Crippen LogP contribution in [-0.4, -0.2) is 70.4 Å². The number of aliphatic carboxylic acids is 2. The molecule has 0 aromatic heterocycles. The summed E-state index contributed by atoms with van der Waals surface area (Å²) >= 11 is 0. The van der Waals surface area contributed by atoms with E-state index in [0.717, 1.165) is 0 Å². The fourth-order valence-corrected chi connectivity index (χ4v) is 2.86. The van der Waals surface area contributed by atoms with Gasteiger partial charge in [-0.2, -0.15) is 0 Å². The molecule has 3 atom stereocenters. The van der Waals surface area contributed by atoms with Gasteiger partial charge in [-0.05, 0) is 17.9 Å². The second-order valence-electron chi connectivity index (χ2n) is 7.93. The smallest absolute Gasteiger partial charge is 0.326 e. The Morgan fingerprint density at radius 3 is 2.06 bits per heavy atom. The van der Waals surface area contributed by atoms with Crippen LogP contribution in [0.15, 0.2) is 24.3 Å². The van der Waals surface area contributed by atoms with Gasteiger partial charge >= 0.3 is 11.9 Å². The molecule has 0 radical (unpaired) electrons. The van der Waals surface area contributed by atoms with Crippen LogP contribution in [0.5, 0.6) is 0 Å². The SMILES string of the molecule is CC(C)[C@H](NC(=O)[C@H](CC(=O)O)NC(=O)CNC(=O)C(N)Cc1ccc(C(=N)N)cc1)C(=O)O. The molecule has 0 fully saturated rings. The summed E-state index contributed by atoms with van der Waals surface area (Å²) in [5.74, 6) is -5.77. The van der Waals surface area contributed by atoms with E-state index in [9.17, 15) is 29.1 Å². The second-order valence-corrected chi connectivity index (χ2v) is 7.93. The summed E-state index contributed by atoms with van der Waals surface area (Å²) in [7, 11) is 0. The Balaban J connectivity index is 2.66. The fraction of sp³-hybridized carbons (Fsp3) is 0.429. The zero-order valence-electron chi connectivity index (χ0n) is 18.8. The van der Waals surface area contributed by atoms with Gasteiger partial charge in [0.05, 0.1) is 19.0 Å². The Morgan fingerprint density at radius 1 is 1.00 bits per heavy atom. The number of nitrogen functional groups attached to an aromatic ring is 1. The maximum absolute atomic E-state index is 12.4. The van der Waals surface area contributed by atoms with Crippen molar-refractivity contribution in [3.63, 3.8) is 0 Å². The summed E-state index contributed by atoms with van der Waals surface area (Å²) in [4.78, 5) is 59.1. The van der Waals surface area contributed by atoms with Gasteiger partial charge in [0.25, 0.3) is 0 Å². The van der Waals surface area contributed by atoms with Crippen molar-refractivity contribution < 1.29 is 34.2 Å². The number of hydrogen-bond donors (Lipinski definition) is 8. The van der Waals surface area contributed by atoms with Gasteiger partial charge in [-0.1, -0.05) is 38.1 Å². The molecule has 13 heteroatoms. The molecular weight excluding hydrogens is 448 g/mol. The first-order valence-corrected chi connectivity index (χ1v) is 10.3. The lowest BCUT2D eigenvalue weighted by molar-refractivity contribution is -0.144. The minimum Gasteiger partial charge on any atom is -0.481 e. The minimum atomic E-state index is -1.55. The molecule has 0 aliphatic heterocycles. The molecule has 0 saturated carbocycles. The van der Waals surface area contributed by atoms with Crippen LogP contribution in [0.3, 0.4) is 0 Å². The maximum atomic E-state index is 12.4. The zero-order chi connectivity index (χ0) is 26.0. The van der Waals surface area contributed by atoms with Crippen LogP contribution in [0.1, 0.15) is 31.4 Å². The largest absolute Gasteiger partial charge is 0.481 e. The first-order valence-electron chi connectivity index (χ1n) is 10.3. The highest BCUT2D eigenvalue weighted by molar-refractivity contribution is 5.95. The molecule has 0 spiro atoms. The molecule has 0 bridgehead atoms. The van der Waals surface area contributed by atoms with Crippen molar-refractivity contribution >= 4 is 35.5 Å². The standard InChI is InChI=1S/C21H30N6O7/c1-10(2)17(21(33)34)27-20(32)14(8-16(29)30)26-15(28)9-25-19(31)13(22)7-11-3-5-12(6-4-11)18(23)24/h3-6,10,13-14,17H,7-9,22H2,1-2H3,(H3,23,24)(H,25,31)(H,26,28)(H,27,32)(H,29,30)(H,33,34)/t13?,14-,17-/m0/s1. The van der Waals surface area contributed by atoms with Crippen LogP contribution < -0.4 is 27.4 Å². The van der Waals surface area contributed by atoms with Gasteiger partial charge in [-0.3, -0.25) is 24.6 Å². The average molecular weight is 479 g/mol. The van der Waals surface area contributed by atoms with Crippen molar-refractivity contribution in [3.05, 3.63) is 35.4 Å². The number of nitrogens with one attached hydrogen (secondary N) is 4. The van der Waals surface area contributed by atoms with Crippen molar-refractivity contribution in [3.8, 4) is 0 Å². The number of carbonyl (C=O) groups excluding carboxylic acids is 3. The summed E-state index contributed by atoms with van der Waals surface area (Å²) in [6.07, 6.45) is -0.646. The third-order valence-electron chi connectivity index (χ3n) is 4.74. The van der Waals surface area contributed by atoms with E-state index in [1.807, 2.05) is 0 Å². The van der Waals surface area contributed by atoms with E-state index in [1.54, 1.807) is 38.1 Å². The lowest BCUT2D eigenvalue weighted by atomic mass is 10.0. The van der Waals surface area contributed by atoms with E-state index in [-0.39, 0.29) is 12.3 Å². The second kappa shape index (κ2) is 12.9. The van der Waals surface area contributed by atoms with E-state index >= 15 is 0 Å². The summed E-state index contributed by atoms with van der Waals surface area (Å²) in [5, 5.41) is 32.3. The molecule has 0 heterocycles. The van der Waals surface area contributed by atoms with Gasteiger partial charge in [0.1, 0.15) is 17.9 Å². The Labute approximate surface area is 195 Å². The summed E-state index contributed by atoms with van der Waals surface area (Å²) < 4.78 is 0. The molecule has 10 N–H and O–H groups in total. The number of amides is 3.